The van der Waals surface area contributed by atoms with Gasteiger partial charge in [-0.3, -0.25) is 9.69 Å². The zero-order chi connectivity index (χ0) is 17.8. The van der Waals surface area contributed by atoms with E-state index in [9.17, 15) is 4.79 Å². The molecule has 1 aliphatic heterocycles. The topological polar surface area (TPSA) is 49.0 Å². The molecule has 3 rings (SSSR count). The monoisotopic (exact) mass is 451 g/mol. The molecule has 1 aliphatic rings. The quantitative estimate of drug-likeness (QED) is 0.521. The van der Waals surface area contributed by atoms with E-state index in [0.29, 0.717) is 5.82 Å². The number of halogens is 1. The van der Waals surface area contributed by atoms with E-state index in [4.69, 9.17) is 4.98 Å². The summed E-state index contributed by atoms with van der Waals surface area (Å²) in [5, 5.41) is 0. The molecule has 0 bridgehead atoms. The molecule has 0 spiro atoms. The summed E-state index contributed by atoms with van der Waals surface area (Å²) >= 11 is 2.36. The van der Waals surface area contributed by atoms with Crippen LogP contribution in [-0.2, 0) is 10.8 Å². The van der Waals surface area contributed by atoms with Crippen LogP contribution in [0.25, 0.3) is 11.4 Å². The van der Waals surface area contributed by atoms with Gasteiger partial charge in [-0.1, -0.05) is 73.5 Å². The number of H-pyrrole nitrogens is 1. The third-order valence-corrected chi connectivity index (χ3v) is 5.95. The van der Waals surface area contributed by atoms with Crippen molar-refractivity contribution in [1.29, 1.82) is 0 Å². The molecule has 1 atom stereocenters. The van der Waals surface area contributed by atoms with Gasteiger partial charge >= 0.3 is 0 Å². The summed E-state index contributed by atoms with van der Waals surface area (Å²) in [6.07, 6.45) is 4.19. The third kappa shape index (κ3) is 3.97. The Morgan fingerprint density at radius 1 is 1.28 bits per heavy atom. The second kappa shape index (κ2) is 8.45. The van der Waals surface area contributed by atoms with Gasteiger partial charge < -0.3 is 4.98 Å². The first-order valence-corrected chi connectivity index (χ1v) is 10.7. The first-order chi connectivity index (χ1) is 12.2. The summed E-state index contributed by atoms with van der Waals surface area (Å²) in [7, 11) is 0. The first-order valence-electron chi connectivity index (χ1n) is 9.20. The average molecular weight is 451 g/mol. The van der Waals surface area contributed by atoms with Crippen LogP contribution in [0, 0.1) is 0 Å². The van der Waals surface area contributed by atoms with Crippen LogP contribution >= 0.6 is 22.6 Å². The maximum Gasteiger partial charge on any atom is 0.254 e. The van der Waals surface area contributed by atoms with Crippen molar-refractivity contribution in [3.8, 4) is 11.4 Å². The minimum atomic E-state index is 0.0372. The molecule has 4 nitrogen and oxygen atoms in total. The summed E-state index contributed by atoms with van der Waals surface area (Å²) < 4.78 is 0.983. The molecule has 1 N–H and O–H groups in total. The largest absolute Gasteiger partial charge is 0.306 e. The Morgan fingerprint density at radius 2 is 2.04 bits per heavy atom. The van der Waals surface area contributed by atoms with Crippen LogP contribution in [0.5, 0.6) is 0 Å². The smallest absolute Gasteiger partial charge is 0.254 e. The maximum atomic E-state index is 12.7. The summed E-state index contributed by atoms with van der Waals surface area (Å²) in [5.74, 6) is 0.697. The van der Waals surface area contributed by atoms with Gasteiger partial charge in [0.2, 0.25) is 0 Å². The van der Waals surface area contributed by atoms with E-state index in [1.165, 1.54) is 5.56 Å². The van der Waals surface area contributed by atoms with Gasteiger partial charge in [-0.2, -0.15) is 0 Å². The number of aromatic nitrogens is 2. The minimum Gasteiger partial charge on any atom is -0.306 e. The second-order valence-corrected chi connectivity index (χ2v) is 7.41. The SMILES string of the molecule is CCCCC1c2nc(-c3ccc(CI)cc3)[nH]c(=O)c2CCN1CC. The highest BCUT2D eigenvalue weighted by Crippen LogP contribution is 2.31. The van der Waals surface area contributed by atoms with Crippen LogP contribution < -0.4 is 5.56 Å². The lowest BCUT2D eigenvalue weighted by molar-refractivity contribution is 0.177. The molecule has 0 fully saturated rings. The summed E-state index contributed by atoms with van der Waals surface area (Å²) in [5.41, 5.74) is 4.19. The zero-order valence-electron chi connectivity index (χ0n) is 15.0. The van der Waals surface area contributed by atoms with Crippen molar-refractivity contribution < 1.29 is 0 Å². The number of alkyl halides is 1. The van der Waals surface area contributed by atoms with Gasteiger partial charge in [-0.05, 0) is 24.9 Å². The highest BCUT2D eigenvalue weighted by molar-refractivity contribution is 14.1. The van der Waals surface area contributed by atoms with Gasteiger partial charge in [0.1, 0.15) is 5.82 Å². The molecule has 0 aliphatic carbocycles. The van der Waals surface area contributed by atoms with E-state index >= 15 is 0 Å². The maximum absolute atomic E-state index is 12.7. The van der Waals surface area contributed by atoms with Crippen molar-refractivity contribution in [2.45, 2.75) is 50.0 Å². The van der Waals surface area contributed by atoms with Gasteiger partial charge in [0.05, 0.1) is 11.7 Å². The number of benzene rings is 1. The fourth-order valence-corrected chi connectivity index (χ4v) is 4.11. The Hall–Kier alpha value is -1.21. The molecule has 134 valence electrons. The number of unbranched alkanes of at least 4 members (excludes halogenated alkanes) is 1. The Labute approximate surface area is 163 Å². The standard InChI is InChI=1S/C20H26IN3O/c1-3-5-6-17-18-16(11-12-24(17)4-2)20(25)23-19(22-18)15-9-7-14(13-21)8-10-15/h7-10,17H,3-6,11-13H2,1-2H3,(H,22,23,25). The van der Waals surface area contributed by atoms with Crippen LogP contribution in [-0.4, -0.2) is 28.0 Å². The summed E-state index contributed by atoms with van der Waals surface area (Å²) in [6, 6.07) is 8.59. The number of nitrogens with one attached hydrogen (secondary N) is 1. The highest BCUT2D eigenvalue weighted by atomic mass is 127. The Morgan fingerprint density at radius 3 is 2.68 bits per heavy atom. The Balaban J connectivity index is 2.03. The predicted octanol–water partition coefficient (Wildman–Crippen LogP) is 4.48. The normalized spacial score (nSPS) is 17.5. The van der Waals surface area contributed by atoms with Gasteiger partial charge in [0.15, 0.2) is 0 Å². The molecule has 25 heavy (non-hydrogen) atoms. The molecule has 0 saturated carbocycles. The lowest BCUT2D eigenvalue weighted by atomic mass is 9.94. The number of hydrogen-bond acceptors (Lipinski definition) is 3. The molecular formula is C20H26IN3O. The molecule has 1 unspecified atom stereocenters. The van der Waals surface area contributed by atoms with E-state index in [1.807, 2.05) is 0 Å². The molecule has 2 heterocycles. The fourth-order valence-electron chi connectivity index (χ4n) is 3.60. The van der Waals surface area contributed by atoms with Crippen molar-refractivity contribution in [3.63, 3.8) is 0 Å². The minimum absolute atomic E-state index is 0.0372. The van der Waals surface area contributed by atoms with E-state index in [2.05, 4.69) is 70.6 Å². The van der Waals surface area contributed by atoms with Gasteiger partial charge in [-0.15, -0.1) is 0 Å². The van der Waals surface area contributed by atoms with Crippen molar-refractivity contribution in [1.82, 2.24) is 14.9 Å². The van der Waals surface area contributed by atoms with E-state index in [-0.39, 0.29) is 11.6 Å². The van der Waals surface area contributed by atoms with Crippen LogP contribution in [0.1, 0.15) is 56.0 Å². The van der Waals surface area contributed by atoms with Gasteiger partial charge in [-0.25, -0.2) is 4.98 Å². The average Bonchev–Trinajstić information content (AvgIpc) is 2.66. The van der Waals surface area contributed by atoms with Crippen molar-refractivity contribution in [3.05, 3.63) is 51.4 Å². The van der Waals surface area contributed by atoms with Gasteiger partial charge in [0, 0.05) is 22.1 Å². The molecule has 0 saturated heterocycles. The number of aromatic amines is 1. The molecule has 0 amide bonds. The van der Waals surface area contributed by atoms with Crippen molar-refractivity contribution in [2.75, 3.05) is 13.1 Å². The first kappa shape index (κ1) is 18.6. The van der Waals surface area contributed by atoms with Crippen LogP contribution in [0.4, 0.5) is 0 Å². The lowest BCUT2D eigenvalue weighted by Crippen LogP contribution is -2.39. The predicted molar refractivity (Wildman–Crippen MR) is 111 cm³/mol. The number of rotatable bonds is 6. The lowest BCUT2D eigenvalue weighted by Gasteiger charge is -2.35. The highest BCUT2D eigenvalue weighted by Gasteiger charge is 2.29. The molecule has 0 radical (unpaired) electrons. The van der Waals surface area contributed by atoms with E-state index in [0.717, 1.165) is 60.0 Å². The molecule has 1 aromatic carbocycles. The summed E-state index contributed by atoms with van der Waals surface area (Å²) in [4.78, 5) is 23.1. The van der Waals surface area contributed by atoms with Gasteiger partial charge in [0.25, 0.3) is 5.56 Å². The van der Waals surface area contributed by atoms with E-state index in [1.54, 1.807) is 0 Å². The van der Waals surface area contributed by atoms with Crippen LogP contribution in [0.3, 0.4) is 0 Å². The molecular weight excluding hydrogens is 425 g/mol. The second-order valence-electron chi connectivity index (χ2n) is 6.65. The molecule has 1 aromatic heterocycles. The zero-order valence-corrected chi connectivity index (χ0v) is 17.2. The third-order valence-electron chi connectivity index (χ3n) is 5.07. The number of likely N-dealkylation sites (N-methyl/N-ethyl adjacent to an activating group) is 1. The number of nitrogens with zero attached hydrogens (tertiary/aromatic N) is 2. The molecule has 2 aromatic rings. The number of fused-ring (bicyclic) bond motifs is 1. The van der Waals surface area contributed by atoms with Crippen molar-refractivity contribution >= 4 is 22.6 Å². The van der Waals surface area contributed by atoms with E-state index < -0.39 is 0 Å². The van der Waals surface area contributed by atoms with Crippen LogP contribution in [0.2, 0.25) is 0 Å². The molecule has 5 heteroatoms. The number of hydrogen-bond donors (Lipinski definition) is 1. The fraction of sp³-hybridized carbons (Fsp3) is 0.500. The Bertz CT molecular complexity index is 770. The van der Waals surface area contributed by atoms with Crippen LogP contribution in [0.15, 0.2) is 29.1 Å². The summed E-state index contributed by atoms with van der Waals surface area (Å²) in [6.45, 7) is 6.36. The van der Waals surface area contributed by atoms with Crippen molar-refractivity contribution in [2.24, 2.45) is 0 Å². The Kier molecular flexibility index (Phi) is 6.28.